The van der Waals surface area contributed by atoms with E-state index in [2.05, 4.69) is 15.7 Å². The van der Waals surface area contributed by atoms with Crippen LogP contribution in [0.25, 0.3) is 0 Å². The molecule has 0 saturated carbocycles. The second-order valence-corrected chi connectivity index (χ2v) is 3.63. The number of nitrogens with one attached hydrogen (secondary N) is 2. The molecule has 0 aliphatic rings. The average molecular weight is 244 g/mol. The lowest BCUT2D eigenvalue weighted by atomic mass is 10.2. The van der Waals surface area contributed by atoms with E-state index in [9.17, 15) is 0 Å². The van der Waals surface area contributed by atoms with Crippen LogP contribution in [0, 0.1) is 0 Å². The number of nitrogen functional groups attached to an aromatic ring is 1. The van der Waals surface area contributed by atoms with Gasteiger partial charge in [0.05, 0.1) is 12.3 Å². The quantitative estimate of drug-likeness (QED) is 0.556. The molecule has 1 aromatic heterocycles. The Labute approximate surface area is 106 Å². The molecule has 2 aromatic rings. The van der Waals surface area contributed by atoms with Gasteiger partial charge in [-0.2, -0.15) is 0 Å². The number of ether oxygens (including phenoxy) is 1. The van der Waals surface area contributed by atoms with Gasteiger partial charge in [-0.05, 0) is 25.1 Å². The van der Waals surface area contributed by atoms with Crippen LogP contribution in [0.15, 0.2) is 42.6 Å². The first kappa shape index (κ1) is 12.2. The highest BCUT2D eigenvalue weighted by Crippen LogP contribution is 2.27. The zero-order valence-corrected chi connectivity index (χ0v) is 10.2. The van der Waals surface area contributed by atoms with Gasteiger partial charge in [0.15, 0.2) is 0 Å². The normalized spacial score (nSPS) is 9.89. The summed E-state index contributed by atoms with van der Waals surface area (Å²) in [4.78, 5) is 4.05. The number of aromatic nitrogens is 1. The first-order valence-electron chi connectivity index (χ1n) is 5.75. The zero-order chi connectivity index (χ0) is 12.8. The van der Waals surface area contributed by atoms with Crippen LogP contribution in [-0.4, -0.2) is 11.6 Å². The Balaban J connectivity index is 2.22. The van der Waals surface area contributed by atoms with Gasteiger partial charge in [0, 0.05) is 18.0 Å². The van der Waals surface area contributed by atoms with Crippen molar-refractivity contribution in [2.24, 2.45) is 5.84 Å². The molecule has 0 atom stereocenters. The summed E-state index contributed by atoms with van der Waals surface area (Å²) >= 11 is 0. The van der Waals surface area contributed by atoms with E-state index in [1.165, 1.54) is 0 Å². The number of hydrazine groups is 1. The summed E-state index contributed by atoms with van der Waals surface area (Å²) in [6.07, 6.45) is 1.68. The Bertz CT molecular complexity index is 516. The zero-order valence-electron chi connectivity index (χ0n) is 10.2. The van der Waals surface area contributed by atoms with Crippen molar-refractivity contribution in [3.63, 3.8) is 0 Å². The van der Waals surface area contributed by atoms with Gasteiger partial charge in [-0.1, -0.05) is 12.1 Å². The second-order valence-electron chi connectivity index (χ2n) is 3.63. The maximum atomic E-state index is 5.55. The molecule has 0 aliphatic heterocycles. The third kappa shape index (κ3) is 2.89. The largest absolute Gasteiger partial charge is 0.492 e. The van der Waals surface area contributed by atoms with Gasteiger partial charge in [-0.3, -0.25) is 0 Å². The van der Waals surface area contributed by atoms with Crippen molar-refractivity contribution in [1.29, 1.82) is 0 Å². The van der Waals surface area contributed by atoms with Crippen LogP contribution in [-0.2, 0) is 0 Å². The number of rotatable bonds is 5. The standard InChI is InChI=1S/C13H16N4O/c1-2-18-12-6-4-3-5-11(12)16-10-7-8-15-13(9-10)17-14/h3-9H,2,14H2,1H3,(H2,15,16,17). The minimum Gasteiger partial charge on any atom is -0.492 e. The fourth-order valence-corrected chi connectivity index (χ4v) is 1.59. The molecule has 18 heavy (non-hydrogen) atoms. The van der Waals surface area contributed by atoms with Gasteiger partial charge in [0.2, 0.25) is 0 Å². The Morgan fingerprint density at radius 1 is 1.28 bits per heavy atom. The van der Waals surface area contributed by atoms with Crippen molar-refractivity contribution >= 4 is 17.2 Å². The summed E-state index contributed by atoms with van der Waals surface area (Å²) in [5, 5.41) is 3.27. The smallest absolute Gasteiger partial charge is 0.142 e. The number of nitrogens with zero attached hydrogens (tertiary/aromatic N) is 1. The Hall–Kier alpha value is -2.27. The van der Waals surface area contributed by atoms with E-state index < -0.39 is 0 Å². The highest BCUT2D eigenvalue weighted by Gasteiger charge is 2.03. The van der Waals surface area contributed by atoms with Gasteiger partial charge >= 0.3 is 0 Å². The predicted molar refractivity (Wildman–Crippen MR) is 72.9 cm³/mol. The number of benzene rings is 1. The molecule has 0 spiro atoms. The maximum absolute atomic E-state index is 5.55. The van der Waals surface area contributed by atoms with Crippen LogP contribution in [0.1, 0.15) is 6.92 Å². The summed E-state index contributed by atoms with van der Waals surface area (Å²) in [6, 6.07) is 11.5. The molecule has 4 N–H and O–H groups in total. The lowest BCUT2D eigenvalue weighted by Gasteiger charge is -2.12. The number of hydrogen-bond donors (Lipinski definition) is 3. The van der Waals surface area contributed by atoms with E-state index in [1.807, 2.05) is 43.3 Å². The van der Waals surface area contributed by atoms with E-state index in [-0.39, 0.29) is 0 Å². The van der Waals surface area contributed by atoms with E-state index >= 15 is 0 Å². The van der Waals surface area contributed by atoms with Crippen molar-refractivity contribution in [2.45, 2.75) is 6.92 Å². The third-order valence-electron chi connectivity index (χ3n) is 2.37. The maximum Gasteiger partial charge on any atom is 0.142 e. The molecule has 94 valence electrons. The molecular formula is C13H16N4O. The summed E-state index contributed by atoms with van der Waals surface area (Å²) in [7, 11) is 0. The molecule has 0 fully saturated rings. The van der Waals surface area contributed by atoms with Crippen LogP contribution in [0.2, 0.25) is 0 Å². The van der Waals surface area contributed by atoms with E-state index in [1.54, 1.807) is 6.20 Å². The number of pyridine rings is 1. The van der Waals surface area contributed by atoms with Crippen LogP contribution in [0.5, 0.6) is 5.75 Å². The summed E-state index contributed by atoms with van der Waals surface area (Å²) < 4.78 is 5.55. The van der Waals surface area contributed by atoms with Crippen molar-refractivity contribution in [1.82, 2.24) is 4.98 Å². The van der Waals surface area contributed by atoms with Gasteiger partial charge < -0.3 is 15.5 Å². The molecule has 0 bridgehead atoms. The molecule has 0 radical (unpaired) electrons. The minimum atomic E-state index is 0.605. The summed E-state index contributed by atoms with van der Waals surface area (Å²) in [5.74, 6) is 6.75. The SMILES string of the molecule is CCOc1ccccc1Nc1ccnc(NN)c1. The fraction of sp³-hybridized carbons (Fsp3) is 0.154. The Kier molecular flexibility index (Phi) is 3.98. The van der Waals surface area contributed by atoms with E-state index in [0.717, 1.165) is 17.1 Å². The highest BCUT2D eigenvalue weighted by molar-refractivity contribution is 5.67. The van der Waals surface area contributed by atoms with Crippen LogP contribution < -0.4 is 21.3 Å². The lowest BCUT2D eigenvalue weighted by molar-refractivity contribution is 0.342. The molecule has 0 saturated heterocycles. The van der Waals surface area contributed by atoms with Gasteiger partial charge in [-0.25, -0.2) is 10.8 Å². The monoisotopic (exact) mass is 244 g/mol. The topological polar surface area (TPSA) is 72.2 Å². The van der Waals surface area contributed by atoms with E-state index in [0.29, 0.717) is 12.4 Å². The highest BCUT2D eigenvalue weighted by atomic mass is 16.5. The second kappa shape index (κ2) is 5.88. The fourth-order valence-electron chi connectivity index (χ4n) is 1.59. The van der Waals surface area contributed by atoms with Crippen LogP contribution in [0.3, 0.4) is 0 Å². The molecule has 5 heteroatoms. The van der Waals surface area contributed by atoms with Crippen molar-refractivity contribution in [3.05, 3.63) is 42.6 Å². The number of anilines is 3. The van der Waals surface area contributed by atoms with Gasteiger partial charge in [0.25, 0.3) is 0 Å². The molecule has 2 rings (SSSR count). The van der Waals surface area contributed by atoms with Crippen molar-refractivity contribution in [3.8, 4) is 5.75 Å². The van der Waals surface area contributed by atoms with Crippen LogP contribution in [0.4, 0.5) is 17.2 Å². The summed E-state index contributed by atoms with van der Waals surface area (Å²) in [6.45, 7) is 2.59. The Morgan fingerprint density at radius 2 is 2.11 bits per heavy atom. The molecule has 5 nitrogen and oxygen atoms in total. The van der Waals surface area contributed by atoms with Gasteiger partial charge in [0.1, 0.15) is 11.6 Å². The third-order valence-corrected chi connectivity index (χ3v) is 2.37. The first-order valence-corrected chi connectivity index (χ1v) is 5.75. The predicted octanol–water partition coefficient (Wildman–Crippen LogP) is 2.51. The van der Waals surface area contributed by atoms with Crippen molar-refractivity contribution < 1.29 is 4.74 Å². The minimum absolute atomic E-state index is 0.605. The van der Waals surface area contributed by atoms with Gasteiger partial charge in [-0.15, -0.1) is 0 Å². The molecular weight excluding hydrogens is 228 g/mol. The van der Waals surface area contributed by atoms with Crippen LogP contribution >= 0.6 is 0 Å². The molecule has 0 amide bonds. The average Bonchev–Trinajstić information content (AvgIpc) is 2.41. The number of para-hydroxylation sites is 2. The van der Waals surface area contributed by atoms with Crippen molar-refractivity contribution in [2.75, 3.05) is 17.3 Å². The first-order chi connectivity index (χ1) is 8.83. The molecule has 1 heterocycles. The Morgan fingerprint density at radius 3 is 2.89 bits per heavy atom. The molecule has 0 aliphatic carbocycles. The number of hydrogen-bond acceptors (Lipinski definition) is 5. The lowest BCUT2D eigenvalue weighted by Crippen LogP contribution is -2.08. The summed E-state index contributed by atoms with van der Waals surface area (Å²) in [5.41, 5.74) is 4.31. The molecule has 1 aromatic carbocycles. The number of nitrogens with two attached hydrogens (primary N) is 1. The van der Waals surface area contributed by atoms with E-state index in [4.69, 9.17) is 10.6 Å². The molecule has 0 unspecified atom stereocenters.